The number of thiophene rings is 1. The summed E-state index contributed by atoms with van der Waals surface area (Å²) in [6.07, 6.45) is 2.65. The Bertz CT molecular complexity index is 1470. The third-order valence-corrected chi connectivity index (χ3v) is 9.68. The number of hydrogen-bond donors (Lipinski definition) is 0. The molecule has 0 aliphatic carbocycles. The molecule has 0 unspecified atom stereocenters. The van der Waals surface area contributed by atoms with Gasteiger partial charge in [-0.3, -0.25) is 0 Å². The van der Waals surface area contributed by atoms with Gasteiger partial charge in [0.05, 0.1) is 4.34 Å². The quantitative estimate of drug-likeness (QED) is 0.321. The minimum Gasteiger partial charge on any atom is -0.340 e. The van der Waals surface area contributed by atoms with Crippen molar-refractivity contribution in [1.82, 2.24) is 8.87 Å². The fraction of sp³-hybridized carbons (Fsp3) is 0.200. The number of nitrogens with zero attached hydrogens (tertiary/aromatic N) is 2. The van der Waals surface area contributed by atoms with Crippen LogP contribution in [-0.4, -0.2) is 30.4 Å². The fourth-order valence-corrected chi connectivity index (χ4v) is 7.49. The summed E-state index contributed by atoms with van der Waals surface area (Å²) < 4.78 is 43.8. The molecule has 0 N–H and O–H groups in total. The smallest absolute Gasteiger partial charge is 0.252 e. The first-order valence-corrected chi connectivity index (χ1v) is 13.3. The van der Waals surface area contributed by atoms with Crippen molar-refractivity contribution in [3.8, 4) is 0 Å². The van der Waals surface area contributed by atoms with Crippen LogP contribution in [0.4, 0.5) is 4.39 Å². The van der Waals surface area contributed by atoms with Crippen molar-refractivity contribution in [3.05, 3.63) is 93.7 Å². The van der Waals surface area contributed by atoms with Gasteiger partial charge in [-0.2, -0.15) is 4.31 Å². The number of rotatable bonds is 5. The molecular weight excluding hydrogens is 479 g/mol. The van der Waals surface area contributed by atoms with Gasteiger partial charge in [0.1, 0.15) is 10.0 Å². The van der Waals surface area contributed by atoms with Gasteiger partial charge in [-0.1, -0.05) is 48.0 Å². The lowest BCUT2D eigenvalue weighted by atomic mass is 9.97. The maximum atomic E-state index is 13.4. The number of fused-ring (bicyclic) bond motifs is 1. The first-order chi connectivity index (χ1) is 15.8. The number of benzene rings is 2. The van der Waals surface area contributed by atoms with Crippen molar-refractivity contribution in [2.24, 2.45) is 0 Å². The van der Waals surface area contributed by atoms with Crippen LogP contribution in [0.5, 0.6) is 0 Å². The summed E-state index contributed by atoms with van der Waals surface area (Å²) in [5.41, 5.74) is 5.56. The predicted octanol–water partition coefficient (Wildman–Crippen LogP) is 6.33. The van der Waals surface area contributed by atoms with E-state index in [0.717, 1.165) is 44.6 Å². The Morgan fingerprint density at radius 3 is 2.48 bits per heavy atom. The van der Waals surface area contributed by atoms with Crippen molar-refractivity contribution >= 4 is 49.4 Å². The van der Waals surface area contributed by atoms with Gasteiger partial charge in [-0.25, -0.2) is 12.8 Å². The second-order valence-electron chi connectivity index (χ2n) is 8.09. The van der Waals surface area contributed by atoms with Crippen LogP contribution in [0, 0.1) is 12.7 Å². The van der Waals surface area contributed by atoms with Crippen molar-refractivity contribution < 1.29 is 12.8 Å². The lowest BCUT2D eigenvalue weighted by Crippen LogP contribution is -2.34. The van der Waals surface area contributed by atoms with Crippen LogP contribution in [0.1, 0.15) is 23.2 Å². The van der Waals surface area contributed by atoms with Gasteiger partial charge in [-0.05, 0) is 54.8 Å². The Hall–Kier alpha value is -2.45. The fourth-order valence-electron chi connectivity index (χ4n) is 4.47. The highest BCUT2D eigenvalue weighted by Crippen LogP contribution is 2.36. The minimum absolute atomic E-state index is 0.245. The van der Waals surface area contributed by atoms with Crippen molar-refractivity contribution in [2.75, 3.05) is 13.1 Å². The first kappa shape index (κ1) is 22.3. The Kier molecular flexibility index (Phi) is 5.91. The lowest BCUT2D eigenvalue weighted by molar-refractivity contribution is 0.442. The molecule has 0 fully saturated rings. The summed E-state index contributed by atoms with van der Waals surface area (Å²) in [5, 5.41) is 1.14. The topological polar surface area (TPSA) is 42.3 Å². The Morgan fingerprint density at radius 2 is 1.82 bits per heavy atom. The van der Waals surface area contributed by atoms with E-state index in [1.54, 1.807) is 12.1 Å². The van der Waals surface area contributed by atoms with E-state index in [9.17, 15) is 12.8 Å². The zero-order valence-corrected chi connectivity index (χ0v) is 20.4. The molecule has 170 valence electrons. The molecule has 3 heterocycles. The second-order valence-corrected chi connectivity index (χ2v) is 12.0. The summed E-state index contributed by atoms with van der Waals surface area (Å²) in [6, 6.07) is 18.0. The molecule has 33 heavy (non-hydrogen) atoms. The molecule has 2 aromatic heterocycles. The standard InChI is InChI=1S/C25H22ClFN2O2S2/c1-17-25(19-12-14-28(15-13-19)33(30,31)24-11-10-23(26)32-24)21-4-2-3-5-22(21)29(17)16-18-6-8-20(27)9-7-18/h2-12H,13-16H2,1H3. The summed E-state index contributed by atoms with van der Waals surface area (Å²) >= 11 is 7.04. The van der Waals surface area contributed by atoms with E-state index in [-0.39, 0.29) is 10.0 Å². The Labute approximate surface area is 201 Å². The van der Waals surface area contributed by atoms with E-state index in [4.69, 9.17) is 11.6 Å². The maximum absolute atomic E-state index is 13.4. The summed E-state index contributed by atoms with van der Waals surface area (Å²) in [5.74, 6) is -0.245. The highest BCUT2D eigenvalue weighted by atomic mass is 35.5. The number of para-hydroxylation sites is 1. The molecule has 0 bridgehead atoms. The zero-order valence-electron chi connectivity index (χ0n) is 18.0. The molecule has 0 amide bonds. The van der Waals surface area contributed by atoms with Gasteiger partial charge >= 0.3 is 0 Å². The highest BCUT2D eigenvalue weighted by Gasteiger charge is 2.29. The monoisotopic (exact) mass is 500 g/mol. The molecular formula is C25H22ClFN2O2S2. The van der Waals surface area contributed by atoms with Crippen LogP contribution >= 0.6 is 22.9 Å². The summed E-state index contributed by atoms with van der Waals surface area (Å²) in [7, 11) is -3.55. The molecule has 0 radical (unpaired) electrons. The van der Waals surface area contributed by atoms with E-state index in [2.05, 4.69) is 23.6 Å². The molecule has 1 aliphatic heterocycles. The molecule has 4 aromatic rings. The van der Waals surface area contributed by atoms with Gasteiger partial charge < -0.3 is 4.57 Å². The van der Waals surface area contributed by atoms with E-state index in [1.165, 1.54) is 16.4 Å². The number of aromatic nitrogens is 1. The normalized spacial score (nSPS) is 15.2. The van der Waals surface area contributed by atoms with Gasteiger partial charge in [0.25, 0.3) is 10.0 Å². The van der Waals surface area contributed by atoms with E-state index < -0.39 is 10.0 Å². The molecule has 8 heteroatoms. The third-order valence-electron chi connectivity index (χ3n) is 6.12. The van der Waals surface area contributed by atoms with E-state index >= 15 is 0 Å². The van der Waals surface area contributed by atoms with Crippen LogP contribution in [0.2, 0.25) is 4.34 Å². The minimum atomic E-state index is -3.55. The second kappa shape index (κ2) is 8.72. The SMILES string of the molecule is Cc1c(C2=CCN(S(=O)(=O)c3ccc(Cl)s3)CC2)c2ccccc2n1Cc1ccc(F)cc1. The Morgan fingerprint density at radius 1 is 1.06 bits per heavy atom. The number of halogens is 2. The number of sulfonamides is 1. The molecule has 1 aliphatic rings. The van der Waals surface area contributed by atoms with Gasteiger partial charge in [-0.15, -0.1) is 11.3 Å². The van der Waals surface area contributed by atoms with Crippen LogP contribution in [0.15, 0.2) is 70.9 Å². The van der Waals surface area contributed by atoms with Gasteiger partial charge in [0.15, 0.2) is 0 Å². The van der Waals surface area contributed by atoms with Crippen LogP contribution < -0.4 is 0 Å². The van der Waals surface area contributed by atoms with Gasteiger partial charge in [0, 0.05) is 41.8 Å². The predicted molar refractivity (Wildman–Crippen MR) is 133 cm³/mol. The molecule has 0 atom stereocenters. The average molecular weight is 501 g/mol. The summed E-state index contributed by atoms with van der Waals surface area (Å²) in [4.78, 5) is 0. The highest BCUT2D eigenvalue weighted by molar-refractivity contribution is 7.91. The van der Waals surface area contributed by atoms with Crippen LogP contribution in [0.25, 0.3) is 16.5 Å². The zero-order chi connectivity index (χ0) is 23.2. The van der Waals surface area contributed by atoms with Crippen LogP contribution in [0.3, 0.4) is 0 Å². The molecule has 0 saturated heterocycles. The van der Waals surface area contributed by atoms with Crippen molar-refractivity contribution in [3.63, 3.8) is 0 Å². The van der Waals surface area contributed by atoms with Gasteiger partial charge in [0.2, 0.25) is 0 Å². The molecule has 0 saturated carbocycles. The average Bonchev–Trinajstić information content (AvgIpc) is 3.37. The van der Waals surface area contributed by atoms with Crippen molar-refractivity contribution in [2.45, 2.75) is 24.1 Å². The van der Waals surface area contributed by atoms with Crippen LogP contribution in [-0.2, 0) is 16.6 Å². The maximum Gasteiger partial charge on any atom is 0.252 e. The molecule has 5 rings (SSSR count). The summed E-state index contributed by atoms with van der Waals surface area (Å²) in [6.45, 7) is 3.47. The largest absolute Gasteiger partial charge is 0.340 e. The Balaban J connectivity index is 1.49. The molecule has 2 aromatic carbocycles. The first-order valence-electron chi connectivity index (χ1n) is 10.6. The molecule has 0 spiro atoms. The lowest BCUT2D eigenvalue weighted by Gasteiger charge is -2.25. The molecule has 4 nitrogen and oxygen atoms in total. The van der Waals surface area contributed by atoms with E-state index in [1.807, 2.05) is 30.3 Å². The van der Waals surface area contributed by atoms with Crippen molar-refractivity contribution in [1.29, 1.82) is 0 Å². The van der Waals surface area contributed by atoms with E-state index in [0.29, 0.717) is 30.4 Å². The third kappa shape index (κ3) is 4.15. The number of hydrogen-bond acceptors (Lipinski definition) is 3.